The van der Waals surface area contributed by atoms with Crippen molar-refractivity contribution in [3.8, 4) is 5.75 Å². The molecule has 0 heterocycles. The van der Waals surface area contributed by atoms with Crippen molar-refractivity contribution in [1.82, 2.24) is 10.9 Å². The lowest BCUT2D eigenvalue weighted by molar-refractivity contribution is 0.0846. The molecule has 0 atom stereocenters. The van der Waals surface area contributed by atoms with E-state index in [4.69, 9.17) is 16.3 Å². The first-order valence-corrected chi connectivity index (χ1v) is 9.26. The summed E-state index contributed by atoms with van der Waals surface area (Å²) >= 11 is 5.79. The smallest absolute Gasteiger partial charge is 0.269 e. The highest BCUT2D eigenvalue weighted by Gasteiger charge is 2.11. The van der Waals surface area contributed by atoms with Gasteiger partial charge in [-0.3, -0.25) is 25.2 Å². The van der Waals surface area contributed by atoms with Crippen LogP contribution in [0.3, 0.4) is 0 Å². The molecule has 0 unspecified atom stereocenters. The van der Waals surface area contributed by atoms with E-state index in [1.54, 1.807) is 73.8 Å². The number of amides is 3. The Bertz CT molecular complexity index is 1070. The van der Waals surface area contributed by atoms with Crippen LogP contribution in [0.5, 0.6) is 5.75 Å². The number of hydrogen-bond acceptors (Lipinski definition) is 4. The van der Waals surface area contributed by atoms with Crippen molar-refractivity contribution in [3.63, 3.8) is 0 Å². The van der Waals surface area contributed by atoms with Crippen molar-refractivity contribution >= 4 is 35.0 Å². The van der Waals surface area contributed by atoms with Crippen LogP contribution in [0.4, 0.5) is 5.69 Å². The maximum Gasteiger partial charge on any atom is 0.269 e. The molecule has 30 heavy (non-hydrogen) atoms. The third kappa shape index (κ3) is 5.36. The molecule has 3 N–H and O–H groups in total. The second-order valence-electron chi connectivity index (χ2n) is 6.18. The van der Waals surface area contributed by atoms with Crippen molar-refractivity contribution in [2.24, 2.45) is 0 Å². The fourth-order valence-corrected chi connectivity index (χ4v) is 2.67. The van der Waals surface area contributed by atoms with E-state index in [1.807, 2.05) is 0 Å². The van der Waals surface area contributed by atoms with Crippen LogP contribution in [0, 0.1) is 0 Å². The number of nitrogens with one attached hydrogen (secondary N) is 3. The van der Waals surface area contributed by atoms with Crippen LogP contribution in [0.2, 0.25) is 5.02 Å². The molecule has 3 aromatic carbocycles. The summed E-state index contributed by atoms with van der Waals surface area (Å²) in [5.41, 5.74) is 6.16. The van der Waals surface area contributed by atoms with Crippen molar-refractivity contribution in [2.45, 2.75) is 0 Å². The maximum atomic E-state index is 12.4. The molecular weight excluding hydrogens is 406 g/mol. The van der Waals surface area contributed by atoms with Gasteiger partial charge in [0.2, 0.25) is 0 Å². The van der Waals surface area contributed by atoms with Crippen LogP contribution in [0.1, 0.15) is 31.1 Å². The molecule has 0 spiro atoms. The van der Waals surface area contributed by atoms with Crippen molar-refractivity contribution < 1.29 is 19.1 Å². The molecule has 0 aliphatic rings. The first kappa shape index (κ1) is 20.9. The summed E-state index contributed by atoms with van der Waals surface area (Å²) in [4.78, 5) is 36.8. The van der Waals surface area contributed by atoms with Gasteiger partial charge in [-0.1, -0.05) is 17.7 Å². The van der Waals surface area contributed by atoms with Crippen molar-refractivity contribution in [3.05, 3.63) is 94.5 Å². The van der Waals surface area contributed by atoms with E-state index in [2.05, 4.69) is 16.2 Å². The van der Waals surface area contributed by atoms with E-state index in [-0.39, 0.29) is 11.5 Å². The summed E-state index contributed by atoms with van der Waals surface area (Å²) in [7, 11) is 1.55. The molecule has 0 aliphatic heterocycles. The molecule has 0 bridgehead atoms. The lowest BCUT2D eigenvalue weighted by Gasteiger charge is -2.10. The minimum absolute atomic E-state index is 0.263. The Hall–Kier alpha value is -3.84. The minimum atomic E-state index is -0.530. The standard InChI is InChI=1S/C22H18ClN3O4/c1-30-19-11-7-14(8-12-19)20(27)24-18-4-2-3-16(13-18)22(29)26-25-21(28)15-5-9-17(23)10-6-15/h2-13H,1H3,(H,24,27)(H,25,28)(H,26,29). The normalized spacial score (nSPS) is 10.1. The molecule has 0 saturated carbocycles. The topological polar surface area (TPSA) is 96.5 Å². The van der Waals surface area contributed by atoms with Crippen LogP contribution in [-0.2, 0) is 0 Å². The Labute approximate surface area is 178 Å². The number of carbonyl (C=O) groups excluding carboxylic acids is 3. The molecule has 0 aromatic heterocycles. The molecule has 3 amide bonds. The van der Waals surface area contributed by atoms with E-state index in [0.29, 0.717) is 27.6 Å². The maximum absolute atomic E-state index is 12.4. The van der Waals surface area contributed by atoms with Gasteiger partial charge in [0.25, 0.3) is 17.7 Å². The molecule has 8 heteroatoms. The van der Waals surface area contributed by atoms with Gasteiger partial charge in [0, 0.05) is 27.4 Å². The largest absolute Gasteiger partial charge is 0.497 e. The third-order valence-corrected chi connectivity index (χ3v) is 4.38. The fraction of sp³-hybridized carbons (Fsp3) is 0.0455. The van der Waals surface area contributed by atoms with Gasteiger partial charge in [0.15, 0.2) is 0 Å². The molecule has 152 valence electrons. The second kappa shape index (κ2) is 9.58. The van der Waals surface area contributed by atoms with Gasteiger partial charge < -0.3 is 10.1 Å². The van der Waals surface area contributed by atoms with E-state index in [9.17, 15) is 14.4 Å². The molecule has 7 nitrogen and oxygen atoms in total. The number of hydrogen-bond donors (Lipinski definition) is 3. The van der Waals surface area contributed by atoms with Crippen LogP contribution >= 0.6 is 11.6 Å². The zero-order valence-corrected chi connectivity index (χ0v) is 16.7. The number of rotatable bonds is 5. The monoisotopic (exact) mass is 423 g/mol. The Morgan fingerprint density at radius 3 is 1.93 bits per heavy atom. The quantitative estimate of drug-likeness (QED) is 0.545. The molecular formula is C22H18ClN3O4. The summed E-state index contributed by atoms with van der Waals surface area (Å²) < 4.78 is 5.07. The Balaban J connectivity index is 1.61. The Kier molecular flexibility index (Phi) is 6.67. The van der Waals surface area contributed by atoms with Gasteiger partial charge >= 0.3 is 0 Å². The molecule has 0 fully saturated rings. The molecule has 0 saturated heterocycles. The van der Waals surface area contributed by atoms with Crippen LogP contribution in [-0.4, -0.2) is 24.8 Å². The number of anilines is 1. The zero-order valence-electron chi connectivity index (χ0n) is 15.9. The van der Waals surface area contributed by atoms with Gasteiger partial charge in [-0.15, -0.1) is 0 Å². The number of hydrazine groups is 1. The Morgan fingerprint density at radius 2 is 1.30 bits per heavy atom. The second-order valence-corrected chi connectivity index (χ2v) is 6.62. The lowest BCUT2D eigenvalue weighted by atomic mass is 10.1. The predicted molar refractivity (Wildman–Crippen MR) is 114 cm³/mol. The minimum Gasteiger partial charge on any atom is -0.497 e. The van der Waals surface area contributed by atoms with Crippen molar-refractivity contribution in [1.29, 1.82) is 0 Å². The summed E-state index contributed by atoms with van der Waals surface area (Å²) in [6.07, 6.45) is 0. The molecule has 0 radical (unpaired) electrons. The number of ether oxygens (including phenoxy) is 1. The number of methoxy groups -OCH3 is 1. The number of carbonyl (C=O) groups is 3. The average molecular weight is 424 g/mol. The Morgan fingerprint density at radius 1 is 0.733 bits per heavy atom. The van der Waals surface area contributed by atoms with E-state index >= 15 is 0 Å². The molecule has 0 aliphatic carbocycles. The third-order valence-electron chi connectivity index (χ3n) is 4.13. The average Bonchev–Trinajstić information content (AvgIpc) is 2.78. The van der Waals surface area contributed by atoms with Crippen LogP contribution in [0.15, 0.2) is 72.8 Å². The molecule has 3 rings (SSSR count). The zero-order chi connectivity index (χ0) is 21.5. The predicted octanol–water partition coefficient (Wildman–Crippen LogP) is 3.68. The van der Waals surface area contributed by atoms with E-state index in [0.717, 1.165) is 0 Å². The van der Waals surface area contributed by atoms with Gasteiger partial charge in [0.1, 0.15) is 5.75 Å². The molecule has 3 aromatic rings. The first-order chi connectivity index (χ1) is 14.5. The van der Waals surface area contributed by atoms with Crippen LogP contribution < -0.4 is 20.9 Å². The van der Waals surface area contributed by atoms with Gasteiger partial charge in [0.05, 0.1) is 7.11 Å². The summed E-state index contributed by atoms with van der Waals surface area (Å²) in [5, 5.41) is 3.23. The summed E-state index contributed by atoms with van der Waals surface area (Å²) in [5.74, 6) is -0.695. The van der Waals surface area contributed by atoms with Crippen molar-refractivity contribution in [2.75, 3.05) is 12.4 Å². The SMILES string of the molecule is COc1ccc(C(=O)Nc2cccc(C(=O)NNC(=O)c3ccc(Cl)cc3)c2)cc1. The first-order valence-electron chi connectivity index (χ1n) is 8.88. The van der Waals surface area contributed by atoms with Crippen LogP contribution in [0.25, 0.3) is 0 Å². The van der Waals surface area contributed by atoms with E-state index in [1.165, 1.54) is 6.07 Å². The van der Waals surface area contributed by atoms with Gasteiger partial charge in [-0.05, 0) is 66.7 Å². The number of halogens is 1. The fourth-order valence-electron chi connectivity index (χ4n) is 2.54. The van der Waals surface area contributed by atoms with Gasteiger partial charge in [-0.2, -0.15) is 0 Å². The lowest BCUT2D eigenvalue weighted by Crippen LogP contribution is -2.41. The van der Waals surface area contributed by atoms with Gasteiger partial charge in [-0.25, -0.2) is 0 Å². The summed E-state index contributed by atoms with van der Waals surface area (Å²) in [6, 6.07) is 19.2. The highest BCUT2D eigenvalue weighted by molar-refractivity contribution is 6.30. The number of benzene rings is 3. The van der Waals surface area contributed by atoms with E-state index < -0.39 is 11.8 Å². The summed E-state index contributed by atoms with van der Waals surface area (Å²) in [6.45, 7) is 0. The highest BCUT2D eigenvalue weighted by atomic mass is 35.5. The highest BCUT2D eigenvalue weighted by Crippen LogP contribution is 2.15.